The van der Waals surface area contributed by atoms with Gasteiger partial charge in [0, 0.05) is 34.2 Å². The molecule has 0 aromatic rings. The molecule has 0 aliphatic carbocycles. The van der Waals surface area contributed by atoms with Crippen LogP contribution in [0.5, 0.6) is 0 Å². The Bertz CT molecular complexity index is 622. The molecule has 0 N–H and O–H groups in total. The molecule has 0 radical (unpaired) electrons. The van der Waals surface area contributed by atoms with Crippen LogP contribution in [0.15, 0.2) is 0 Å². The van der Waals surface area contributed by atoms with Crippen LogP contribution in [0.1, 0.15) is 19.3 Å². The zero-order chi connectivity index (χ0) is 26.2. The van der Waals surface area contributed by atoms with E-state index in [1.165, 1.54) is 0 Å². The molecule has 0 rings (SSSR count). The molecule has 19 heteroatoms. The summed E-state index contributed by atoms with van der Waals surface area (Å²) in [6.07, 6.45) is -12.3. The van der Waals surface area contributed by atoms with Crippen LogP contribution in [0.25, 0.3) is 0 Å². The first kappa shape index (κ1) is 31.0. The van der Waals surface area contributed by atoms with Gasteiger partial charge in [0.05, 0.1) is 0 Å². The Balaban J connectivity index is 6.40. The zero-order valence-corrected chi connectivity index (χ0v) is 17.0. The Labute approximate surface area is 171 Å². The highest BCUT2D eigenvalue weighted by Crippen LogP contribution is 2.62. The van der Waals surface area contributed by atoms with Gasteiger partial charge in [-0.15, -0.1) is 0 Å². The normalized spacial score (nSPS) is 15.9. The van der Waals surface area contributed by atoms with Gasteiger partial charge in [-0.2, -0.15) is 65.9 Å². The van der Waals surface area contributed by atoms with Crippen molar-refractivity contribution in [3.8, 4) is 0 Å². The van der Waals surface area contributed by atoms with Crippen LogP contribution < -0.4 is 0 Å². The van der Waals surface area contributed by atoms with Crippen LogP contribution in [-0.4, -0.2) is 71.5 Å². The summed E-state index contributed by atoms with van der Waals surface area (Å²) in [6.45, 7) is 0. The first-order chi connectivity index (χ1) is 13.9. The van der Waals surface area contributed by atoms with E-state index in [-0.39, 0.29) is 21.3 Å². The lowest BCUT2D eigenvalue weighted by Crippen LogP contribution is -2.76. The third kappa shape index (κ3) is 4.66. The topological polar surface area (TPSA) is 27.7 Å². The highest BCUT2D eigenvalue weighted by Gasteiger charge is 2.93. The van der Waals surface area contributed by atoms with Gasteiger partial charge in [-0.1, -0.05) is 0 Å². The molecule has 0 aliphatic heterocycles. The van der Waals surface area contributed by atoms with Crippen molar-refractivity contribution >= 4 is 8.80 Å². The van der Waals surface area contributed by atoms with Gasteiger partial charge in [0.1, 0.15) is 0 Å². The third-order valence-electron chi connectivity index (χ3n) is 4.18. The van der Waals surface area contributed by atoms with Gasteiger partial charge in [0.2, 0.25) is 0 Å². The Morgan fingerprint density at radius 2 is 0.844 bits per heavy atom. The summed E-state index contributed by atoms with van der Waals surface area (Å²) in [5.74, 6) is -37.3. The highest BCUT2D eigenvalue weighted by molar-refractivity contribution is 6.63. The van der Waals surface area contributed by atoms with E-state index in [9.17, 15) is 65.9 Å². The lowest BCUT2D eigenvalue weighted by atomic mass is 9.92. The standard InChI is InChI=1S/C13H15F15O3Si/c1-29-32(30-2,31-3)13(27,28)12(25,26)11(23,24)10(21,22)9(19,20)7(14,15)5-4-6-8(16,17)18/h4-6H2,1-3H3. The van der Waals surface area contributed by atoms with Crippen molar-refractivity contribution in [3.05, 3.63) is 0 Å². The van der Waals surface area contributed by atoms with Gasteiger partial charge in [-0.05, 0) is 6.42 Å². The summed E-state index contributed by atoms with van der Waals surface area (Å²) in [6, 6.07) is 0. The van der Waals surface area contributed by atoms with Crippen molar-refractivity contribution in [2.24, 2.45) is 0 Å². The number of halogens is 15. The molecule has 0 fully saturated rings. The monoisotopic (exact) mass is 532 g/mol. The second kappa shape index (κ2) is 9.01. The number of hydrogen-bond donors (Lipinski definition) is 0. The van der Waals surface area contributed by atoms with Gasteiger partial charge in [-0.3, -0.25) is 0 Å². The maximum atomic E-state index is 14.1. The summed E-state index contributed by atoms with van der Waals surface area (Å²) in [5.41, 5.74) is -6.59. The predicted molar refractivity (Wildman–Crippen MR) is 76.4 cm³/mol. The van der Waals surface area contributed by atoms with E-state index in [2.05, 4.69) is 13.3 Å². The van der Waals surface area contributed by atoms with Crippen molar-refractivity contribution < 1.29 is 79.1 Å². The van der Waals surface area contributed by atoms with Gasteiger partial charge in [0.15, 0.2) is 0 Å². The molecule has 32 heavy (non-hydrogen) atoms. The molecule has 0 heterocycles. The quantitative estimate of drug-likeness (QED) is 0.230. The lowest BCUT2D eigenvalue weighted by molar-refractivity contribution is -0.421. The average Bonchev–Trinajstić information content (AvgIpc) is 2.61. The SMILES string of the molecule is CO[Si](OC)(OC)C(F)(F)C(F)(F)C(F)(F)C(F)(F)C(F)(F)C(F)(F)CCCC(F)(F)F. The second-order valence-corrected chi connectivity index (χ2v) is 9.18. The van der Waals surface area contributed by atoms with E-state index in [1.807, 2.05) is 0 Å². The van der Waals surface area contributed by atoms with Crippen LogP contribution in [0.3, 0.4) is 0 Å². The molecule has 0 saturated carbocycles. The minimum absolute atomic E-state index is 0.128. The fourth-order valence-corrected chi connectivity index (χ4v) is 4.13. The molecule has 3 nitrogen and oxygen atoms in total. The predicted octanol–water partition coefficient (Wildman–Crippen LogP) is 5.95. The van der Waals surface area contributed by atoms with Crippen LogP contribution in [0, 0.1) is 0 Å². The molecule has 0 unspecified atom stereocenters. The Morgan fingerprint density at radius 3 is 1.16 bits per heavy atom. The summed E-state index contributed by atoms with van der Waals surface area (Å²) in [7, 11) is -5.99. The molecule has 0 bridgehead atoms. The van der Waals surface area contributed by atoms with Crippen molar-refractivity contribution in [2.45, 2.75) is 60.6 Å². The molecule has 0 atom stereocenters. The van der Waals surface area contributed by atoms with E-state index in [0.717, 1.165) is 0 Å². The molecule has 0 spiro atoms. The van der Waals surface area contributed by atoms with E-state index < -0.39 is 69.4 Å². The number of hydrogen-bond acceptors (Lipinski definition) is 3. The van der Waals surface area contributed by atoms with Gasteiger partial charge in [-0.25, -0.2) is 0 Å². The van der Waals surface area contributed by atoms with E-state index >= 15 is 0 Å². The second-order valence-electron chi connectivity index (χ2n) is 6.21. The Morgan fingerprint density at radius 1 is 0.500 bits per heavy atom. The van der Waals surface area contributed by atoms with E-state index in [1.54, 1.807) is 0 Å². The minimum atomic E-state index is -7.92. The van der Waals surface area contributed by atoms with Crippen LogP contribution in [0.2, 0.25) is 0 Å². The molecule has 194 valence electrons. The summed E-state index contributed by atoms with van der Waals surface area (Å²) in [5, 5.41) is 0. The first-order valence-corrected chi connectivity index (χ1v) is 9.60. The summed E-state index contributed by atoms with van der Waals surface area (Å²) >= 11 is 0. The van der Waals surface area contributed by atoms with Gasteiger partial charge < -0.3 is 13.3 Å². The maximum Gasteiger partial charge on any atom is 0.581 e. The van der Waals surface area contributed by atoms with Crippen LogP contribution >= 0.6 is 0 Å². The highest BCUT2D eigenvalue weighted by atomic mass is 28.4. The summed E-state index contributed by atoms with van der Waals surface area (Å²) in [4.78, 5) is 0. The van der Waals surface area contributed by atoms with Crippen molar-refractivity contribution in [3.63, 3.8) is 0 Å². The molecule has 0 amide bonds. The Kier molecular flexibility index (Phi) is 8.74. The van der Waals surface area contributed by atoms with E-state index in [0.29, 0.717) is 0 Å². The molecule has 0 aromatic heterocycles. The zero-order valence-electron chi connectivity index (χ0n) is 16.0. The molecule has 0 saturated heterocycles. The van der Waals surface area contributed by atoms with Crippen molar-refractivity contribution in [2.75, 3.05) is 21.3 Å². The fourth-order valence-electron chi connectivity index (χ4n) is 2.32. The van der Waals surface area contributed by atoms with Crippen LogP contribution in [0.4, 0.5) is 65.9 Å². The molecule has 0 aliphatic rings. The lowest BCUT2D eigenvalue weighted by Gasteiger charge is -2.43. The maximum absolute atomic E-state index is 14.1. The first-order valence-electron chi connectivity index (χ1n) is 7.88. The Hall–Kier alpha value is -0.953. The fraction of sp³-hybridized carbons (Fsp3) is 1.00. The molecular formula is C13H15F15O3Si. The molecular weight excluding hydrogens is 517 g/mol. The van der Waals surface area contributed by atoms with Crippen LogP contribution in [-0.2, 0) is 13.3 Å². The summed E-state index contributed by atoms with van der Waals surface area (Å²) < 4.78 is 213. The number of rotatable bonds is 12. The van der Waals surface area contributed by atoms with Gasteiger partial charge >= 0.3 is 50.1 Å². The van der Waals surface area contributed by atoms with Crippen molar-refractivity contribution in [1.29, 1.82) is 0 Å². The largest absolute Gasteiger partial charge is 0.581 e. The van der Waals surface area contributed by atoms with Crippen molar-refractivity contribution in [1.82, 2.24) is 0 Å². The average molecular weight is 532 g/mol. The minimum Gasteiger partial charge on any atom is -0.373 e. The number of alkyl halides is 15. The van der Waals surface area contributed by atoms with Gasteiger partial charge in [0.25, 0.3) is 0 Å². The smallest absolute Gasteiger partial charge is 0.373 e. The van der Waals surface area contributed by atoms with E-state index in [4.69, 9.17) is 0 Å². The third-order valence-corrected chi connectivity index (χ3v) is 6.87. The molecule has 0 aromatic carbocycles.